The highest BCUT2D eigenvalue weighted by atomic mass is 16.5. The molecule has 2 unspecified atom stereocenters. The van der Waals surface area contributed by atoms with Crippen LogP contribution in [0.1, 0.15) is 24.2 Å². The third-order valence-corrected chi connectivity index (χ3v) is 2.49. The lowest BCUT2D eigenvalue weighted by molar-refractivity contribution is -0.0327. The molecule has 16 heavy (non-hydrogen) atoms. The van der Waals surface area contributed by atoms with Gasteiger partial charge >= 0.3 is 0 Å². The zero-order chi connectivity index (χ0) is 12.0. The predicted molar refractivity (Wildman–Crippen MR) is 63.4 cm³/mol. The highest BCUT2D eigenvalue weighted by Gasteiger charge is 2.11. The monoisotopic (exact) mass is 224 g/mol. The van der Waals surface area contributed by atoms with Crippen molar-refractivity contribution in [2.45, 2.75) is 26.1 Å². The van der Waals surface area contributed by atoms with E-state index >= 15 is 0 Å². The number of methoxy groups -OCH3 is 1. The molecule has 0 saturated carbocycles. The molecule has 0 heterocycles. The molecule has 90 valence electrons. The first-order valence-electron chi connectivity index (χ1n) is 5.49. The van der Waals surface area contributed by atoms with Gasteiger partial charge < -0.3 is 14.6 Å². The molecule has 0 aliphatic rings. The Labute approximate surface area is 97.0 Å². The topological polar surface area (TPSA) is 38.7 Å². The number of hydrogen-bond acceptors (Lipinski definition) is 3. The molecule has 3 nitrogen and oxygen atoms in total. The van der Waals surface area contributed by atoms with Gasteiger partial charge in [0.25, 0.3) is 0 Å². The highest BCUT2D eigenvalue weighted by Crippen LogP contribution is 2.17. The van der Waals surface area contributed by atoms with E-state index in [1.165, 1.54) is 0 Å². The number of ether oxygens (including phenoxy) is 2. The molecule has 0 bridgehead atoms. The summed E-state index contributed by atoms with van der Waals surface area (Å²) in [5.74, 6) is 0. The summed E-state index contributed by atoms with van der Waals surface area (Å²) in [5, 5.41) is 9.95. The smallest absolute Gasteiger partial charge is 0.103 e. The van der Waals surface area contributed by atoms with Crippen molar-refractivity contribution in [3.05, 3.63) is 35.4 Å². The number of hydrogen-bond donors (Lipinski definition) is 1. The zero-order valence-electron chi connectivity index (χ0n) is 10.1. The summed E-state index contributed by atoms with van der Waals surface area (Å²) in [5.41, 5.74) is 2.00. The Morgan fingerprint density at radius 1 is 1.25 bits per heavy atom. The third kappa shape index (κ3) is 3.93. The van der Waals surface area contributed by atoms with Crippen LogP contribution in [-0.4, -0.2) is 31.5 Å². The maximum Gasteiger partial charge on any atom is 0.103 e. The van der Waals surface area contributed by atoms with Gasteiger partial charge in [-0.1, -0.05) is 24.3 Å². The fourth-order valence-electron chi connectivity index (χ4n) is 1.59. The molecule has 1 rings (SSSR count). The van der Waals surface area contributed by atoms with Crippen molar-refractivity contribution in [3.63, 3.8) is 0 Å². The summed E-state index contributed by atoms with van der Waals surface area (Å²) in [7, 11) is 1.64. The van der Waals surface area contributed by atoms with Crippen LogP contribution >= 0.6 is 0 Å². The Morgan fingerprint density at radius 3 is 2.56 bits per heavy atom. The third-order valence-electron chi connectivity index (χ3n) is 2.49. The molecule has 0 aliphatic carbocycles. The van der Waals surface area contributed by atoms with Crippen LogP contribution < -0.4 is 0 Å². The molecule has 0 aromatic heterocycles. The van der Waals surface area contributed by atoms with Crippen LogP contribution in [0.15, 0.2) is 24.3 Å². The molecule has 0 spiro atoms. The normalized spacial score (nSPS) is 14.8. The standard InChI is InChI=1S/C13H20O3/c1-10-6-4-5-7-12(10)13(14)9-16-11(2)8-15-3/h4-7,11,13-14H,8-9H2,1-3H3. The Balaban J connectivity index is 2.46. The van der Waals surface area contributed by atoms with Crippen molar-refractivity contribution in [2.75, 3.05) is 20.3 Å². The van der Waals surface area contributed by atoms with E-state index < -0.39 is 6.10 Å². The molecule has 0 amide bonds. The first-order chi connectivity index (χ1) is 7.65. The van der Waals surface area contributed by atoms with Gasteiger partial charge in [-0.2, -0.15) is 0 Å². The summed E-state index contributed by atoms with van der Waals surface area (Å²) in [6.07, 6.45) is -0.566. The zero-order valence-corrected chi connectivity index (χ0v) is 10.1. The summed E-state index contributed by atoms with van der Waals surface area (Å²) in [6.45, 7) is 4.75. The fraction of sp³-hybridized carbons (Fsp3) is 0.538. The Kier molecular flexibility index (Phi) is 5.46. The summed E-state index contributed by atoms with van der Waals surface area (Å²) in [4.78, 5) is 0. The SMILES string of the molecule is COCC(C)OCC(O)c1ccccc1C. The molecule has 0 saturated heterocycles. The largest absolute Gasteiger partial charge is 0.386 e. The minimum atomic E-state index is -0.569. The molecule has 2 atom stereocenters. The molecule has 0 aliphatic heterocycles. The lowest BCUT2D eigenvalue weighted by atomic mass is 10.0. The summed E-state index contributed by atoms with van der Waals surface area (Å²) in [6, 6.07) is 7.78. The van der Waals surface area contributed by atoms with E-state index in [9.17, 15) is 5.11 Å². The van der Waals surface area contributed by atoms with E-state index in [1.807, 2.05) is 38.1 Å². The number of aliphatic hydroxyl groups is 1. The second-order valence-corrected chi connectivity index (χ2v) is 3.97. The Morgan fingerprint density at radius 2 is 1.94 bits per heavy atom. The summed E-state index contributed by atoms with van der Waals surface area (Å²) >= 11 is 0. The van der Waals surface area contributed by atoms with E-state index in [4.69, 9.17) is 9.47 Å². The van der Waals surface area contributed by atoms with Gasteiger partial charge in [-0.05, 0) is 25.0 Å². The van der Waals surface area contributed by atoms with Crippen LogP contribution in [0.4, 0.5) is 0 Å². The van der Waals surface area contributed by atoms with Gasteiger partial charge in [0.2, 0.25) is 0 Å². The first kappa shape index (κ1) is 13.2. The molecule has 0 radical (unpaired) electrons. The quantitative estimate of drug-likeness (QED) is 0.804. The van der Waals surface area contributed by atoms with Crippen molar-refractivity contribution in [1.82, 2.24) is 0 Å². The van der Waals surface area contributed by atoms with E-state index in [0.717, 1.165) is 11.1 Å². The minimum Gasteiger partial charge on any atom is -0.386 e. The Bertz CT molecular complexity index is 312. The van der Waals surface area contributed by atoms with E-state index in [1.54, 1.807) is 7.11 Å². The van der Waals surface area contributed by atoms with Crippen molar-refractivity contribution < 1.29 is 14.6 Å². The lowest BCUT2D eigenvalue weighted by Crippen LogP contribution is -2.19. The van der Waals surface area contributed by atoms with E-state index in [-0.39, 0.29) is 6.10 Å². The van der Waals surface area contributed by atoms with Crippen LogP contribution in [0, 0.1) is 6.92 Å². The van der Waals surface area contributed by atoms with Crippen molar-refractivity contribution in [1.29, 1.82) is 0 Å². The van der Waals surface area contributed by atoms with Gasteiger partial charge in [0.15, 0.2) is 0 Å². The average molecular weight is 224 g/mol. The van der Waals surface area contributed by atoms with E-state index in [2.05, 4.69) is 0 Å². The van der Waals surface area contributed by atoms with Crippen LogP contribution in [-0.2, 0) is 9.47 Å². The minimum absolute atomic E-state index is 0.00340. The second kappa shape index (κ2) is 6.63. The maximum absolute atomic E-state index is 9.95. The number of rotatable bonds is 6. The van der Waals surface area contributed by atoms with Crippen LogP contribution in [0.3, 0.4) is 0 Å². The molecular formula is C13H20O3. The number of aryl methyl sites for hydroxylation is 1. The molecule has 3 heteroatoms. The van der Waals surface area contributed by atoms with Crippen molar-refractivity contribution >= 4 is 0 Å². The summed E-state index contributed by atoms with van der Waals surface area (Å²) < 4.78 is 10.4. The fourth-order valence-corrected chi connectivity index (χ4v) is 1.59. The van der Waals surface area contributed by atoms with Gasteiger partial charge in [-0.15, -0.1) is 0 Å². The molecule has 1 aromatic carbocycles. The van der Waals surface area contributed by atoms with Crippen molar-refractivity contribution in [2.24, 2.45) is 0 Å². The number of benzene rings is 1. The Hall–Kier alpha value is -0.900. The van der Waals surface area contributed by atoms with Gasteiger partial charge in [-0.3, -0.25) is 0 Å². The van der Waals surface area contributed by atoms with Gasteiger partial charge in [0.1, 0.15) is 6.10 Å². The van der Waals surface area contributed by atoms with Gasteiger partial charge in [0.05, 0.1) is 19.3 Å². The van der Waals surface area contributed by atoms with Gasteiger partial charge in [0, 0.05) is 7.11 Å². The predicted octanol–water partition coefficient (Wildman–Crippen LogP) is 2.08. The lowest BCUT2D eigenvalue weighted by Gasteiger charge is -2.17. The van der Waals surface area contributed by atoms with Gasteiger partial charge in [-0.25, -0.2) is 0 Å². The van der Waals surface area contributed by atoms with Crippen LogP contribution in [0.5, 0.6) is 0 Å². The second-order valence-electron chi connectivity index (χ2n) is 3.97. The first-order valence-corrected chi connectivity index (χ1v) is 5.49. The maximum atomic E-state index is 9.95. The van der Waals surface area contributed by atoms with E-state index in [0.29, 0.717) is 13.2 Å². The highest BCUT2D eigenvalue weighted by molar-refractivity contribution is 5.27. The average Bonchev–Trinajstić information content (AvgIpc) is 2.27. The molecule has 0 fully saturated rings. The number of aliphatic hydroxyl groups excluding tert-OH is 1. The van der Waals surface area contributed by atoms with Crippen molar-refractivity contribution in [3.8, 4) is 0 Å². The van der Waals surface area contributed by atoms with Crippen LogP contribution in [0.25, 0.3) is 0 Å². The molecule has 1 N–H and O–H groups in total. The molecular weight excluding hydrogens is 204 g/mol. The van der Waals surface area contributed by atoms with Crippen LogP contribution in [0.2, 0.25) is 0 Å². The molecule has 1 aromatic rings.